The molecule has 0 radical (unpaired) electrons. The lowest BCUT2D eigenvalue weighted by Gasteiger charge is -2.08. The van der Waals surface area contributed by atoms with Crippen molar-refractivity contribution < 1.29 is 0 Å². The maximum Gasteiger partial charge on any atom is 0.240 e. The van der Waals surface area contributed by atoms with Crippen molar-refractivity contribution in [2.24, 2.45) is 5.84 Å². The molecule has 0 aliphatic carbocycles. The van der Waals surface area contributed by atoms with Gasteiger partial charge in [-0.05, 0) is 22.9 Å². The number of aromatic nitrogens is 2. The van der Waals surface area contributed by atoms with Crippen molar-refractivity contribution in [3.8, 4) is 6.07 Å². The van der Waals surface area contributed by atoms with Gasteiger partial charge in [0.1, 0.15) is 17.6 Å². The number of hydrogen-bond acceptors (Lipinski definition) is 6. The van der Waals surface area contributed by atoms with E-state index in [1.54, 1.807) is 6.07 Å². The highest BCUT2D eigenvalue weighted by atomic mass is 15.3. The summed E-state index contributed by atoms with van der Waals surface area (Å²) >= 11 is 0. The van der Waals surface area contributed by atoms with Crippen LogP contribution in [0.5, 0.6) is 0 Å². The molecular weight excluding hydrogens is 264 g/mol. The van der Waals surface area contributed by atoms with E-state index in [1.807, 2.05) is 48.5 Å². The predicted octanol–water partition coefficient (Wildman–Crippen LogP) is 2.53. The first kappa shape index (κ1) is 12.8. The van der Waals surface area contributed by atoms with E-state index in [0.29, 0.717) is 5.82 Å². The maximum atomic E-state index is 8.95. The number of fused-ring (bicyclic) bond motifs is 1. The summed E-state index contributed by atoms with van der Waals surface area (Å²) in [6.07, 6.45) is 0. The molecule has 102 valence electrons. The van der Waals surface area contributed by atoms with Gasteiger partial charge in [0.2, 0.25) is 5.95 Å². The molecule has 6 nitrogen and oxygen atoms in total. The average molecular weight is 276 g/mol. The number of benzene rings is 2. The highest BCUT2D eigenvalue weighted by molar-refractivity contribution is 5.86. The largest absolute Gasteiger partial charge is 0.340 e. The van der Waals surface area contributed by atoms with E-state index in [9.17, 15) is 0 Å². The number of nitriles is 1. The molecule has 3 aromatic rings. The highest BCUT2D eigenvalue weighted by Gasteiger charge is 2.04. The molecule has 3 rings (SSSR count). The summed E-state index contributed by atoms with van der Waals surface area (Å²) in [6, 6.07) is 17.6. The normalized spacial score (nSPS) is 10.1. The number of nitrogens with two attached hydrogens (primary N) is 1. The van der Waals surface area contributed by atoms with Crippen LogP contribution in [0.3, 0.4) is 0 Å². The van der Waals surface area contributed by atoms with Crippen molar-refractivity contribution in [3.63, 3.8) is 0 Å². The van der Waals surface area contributed by atoms with Gasteiger partial charge in [-0.2, -0.15) is 10.2 Å². The maximum absolute atomic E-state index is 8.95. The Balaban J connectivity index is 1.96. The Hall–Kier alpha value is -3.17. The highest BCUT2D eigenvalue weighted by Crippen LogP contribution is 2.22. The summed E-state index contributed by atoms with van der Waals surface area (Å²) in [6.45, 7) is 0. The van der Waals surface area contributed by atoms with Crippen molar-refractivity contribution in [1.29, 1.82) is 5.26 Å². The number of nitrogens with zero attached hydrogens (tertiary/aromatic N) is 3. The summed E-state index contributed by atoms with van der Waals surface area (Å²) in [5, 5.41) is 14.4. The van der Waals surface area contributed by atoms with Gasteiger partial charge < -0.3 is 5.32 Å². The summed E-state index contributed by atoms with van der Waals surface area (Å²) in [5.74, 6) is 5.99. The molecule has 21 heavy (non-hydrogen) atoms. The molecular formula is C15H12N6. The molecule has 0 amide bonds. The lowest BCUT2D eigenvalue weighted by molar-refractivity contribution is 1.10. The molecule has 0 saturated carbocycles. The fourth-order valence-corrected chi connectivity index (χ4v) is 2.05. The molecule has 0 aliphatic rings. The molecule has 0 spiro atoms. The van der Waals surface area contributed by atoms with E-state index < -0.39 is 0 Å². The first-order valence-electron chi connectivity index (χ1n) is 6.30. The first-order valence-corrected chi connectivity index (χ1v) is 6.30. The zero-order valence-corrected chi connectivity index (χ0v) is 11.0. The fraction of sp³-hybridized carbons (Fsp3) is 0. The van der Waals surface area contributed by atoms with Crippen LogP contribution < -0.4 is 16.6 Å². The van der Waals surface area contributed by atoms with Gasteiger partial charge in [0.15, 0.2) is 0 Å². The Bertz CT molecular complexity index is 837. The molecule has 1 heterocycles. The van der Waals surface area contributed by atoms with Gasteiger partial charge in [0.25, 0.3) is 0 Å². The van der Waals surface area contributed by atoms with Crippen LogP contribution in [-0.2, 0) is 0 Å². The van der Waals surface area contributed by atoms with Crippen LogP contribution in [0.4, 0.5) is 17.5 Å². The molecule has 6 heteroatoms. The summed E-state index contributed by atoms with van der Waals surface area (Å²) < 4.78 is 0. The number of rotatable bonds is 3. The Labute approximate surface area is 121 Å². The van der Waals surface area contributed by atoms with Gasteiger partial charge in [0, 0.05) is 11.8 Å². The fourth-order valence-electron chi connectivity index (χ4n) is 2.05. The summed E-state index contributed by atoms with van der Waals surface area (Å²) in [4.78, 5) is 8.08. The average Bonchev–Trinajstić information content (AvgIpc) is 2.54. The molecule has 0 saturated heterocycles. The monoisotopic (exact) mass is 276 g/mol. The quantitative estimate of drug-likeness (QED) is 0.502. The van der Waals surface area contributed by atoms with E-state index in [1.165, 1.54) is 0 Å². The minimum Gasteiger partial charge on any atom is -0.340 e. The minimum atomic E-state index is 0.192. The predicted molar refractivity (Wildman–Crippen MR) is 81.8 cm³/mol. The van der Waals surface area contributed by atoms with Gasteiger partial charge in [-0.15, -0.1) is 0 Å². The standard InChI is InChI=1S/C15H12N6/c16-9-13-8-14(20-15(19-13)21-17)18-12-6-5-10-3-1-2-4-11(10)7-12/h1-8H,17H2,(H2,18,19,20,21). The number of hydrazine groups is 1. The molecule has 0 fully saturated rings. The molecule has 2 aromatic carbocycles. The van der Waals surface area contributed by atoms with E-state index in [2.05, 4.69) is 20.7 Å². The number of hydrogen-bond donors (Lipinski definition) is 3. The SMILES string of the molecule is N#Cc1cc(Nc2ccc3ccccc3c2)nc(NN)n1. The van der Waals surface area contributed by atoms with E-state index in [-0.39, 0.29) is 11.6 Å². The summed E-state index contributed by atoms with van der Waals surface area (Å²) in [7, 11) is 0. The molecule has 4 N–H and O–H groups in total. The van der Waals surface area contributed by atoms with Crippen LogP contribution in [-0.4, -0.2) is 9.97 Å². The van der Waals surface area contributed by atoms with Crippen LogP contribution in [0.2, 0.25) is 0 Å². The van der Waals surface area contributed by atoms with Crippen molar-refractivity contribution in [3.05, 3.63) is 54.2 Å². The molecule has 0 unspecified atom stereocenters. The van der Waals surface area contributed by atoms with Gasteiger partial charge in [-0.1, -0.05) is 30.3 Å². The Morgan fingerprint density at radius 2 is 1.81 bits per heavy atom. The number of nitrogen functional groups attached to an aromatic ring is 1. The second-order valence-corrected chi connectivity index (χ2v) is 4.41. The smallest absolute Gasteiger partial charge is 0.240 e. The number of nitrogens with one attached hydrogen (secondary N) is 2. The zero-order chi connectivity index (χ0) is 14.7. The van der Waals surface area contributed by atoms with Crippen molar-refractivity contribution >= 4 is 28.2 Å². The van der Waals surface area contributed by atoms with Crippen LogP contribution >= 0.6 is 0 Å². The third-order valence-corrected chi connectivity index (χ3v) is 2.99. The lowest BCUT2D eigenvalue weighted by Crippen LogP contribution is -2.12. The third kappa shape index (κ3) is 2.73. The minimum absolute atomic E-state index is 0.192. The van der Waals surface area contributed by atoms with Crippen LogP contribution in [0.15, 0.2) is 48.5 Å². The molecule has 0 aliphatic heterocycles. The Morgan fingerprint density at radius 3 is 2.57 bits per heavy atom. The van der Waals surface area contributed by atoms with Crippen LogP contribution in [0, 0.1) is 11.3 Å². The van der Waals surface area contributed by atoms with Gasteiger partial charge in [-0.25, -0.2) is 10.8 Å². The first-order chi connectivity index (χ1) is 10.3. The van der Waals surface area contributed by atoms with Gasteiger partial charge in [-0.3, -0.25) is 5.43 Å². The Morgan fingerprint density at radius 1 is 1.00 bits per heavy atom. The van der Waals surface area contributed by atoms with Crippen LogP contribution in [0.1, 0.15) is 5.69 Å². The van der Waals surface area contributed by atoms with Gasteiger partial charge >= 0.3 is 0 Å². The van der Waals surface area contributed by atoms with E-state index in [4.69, 9.17) is 11.1 Å². The third-order valence-electron chi connectivity index (χ3n) is 2.99. The summed E-state index contributed by atoms with van der Waals surface area (Å²) in [5.41, 5.74) is 3.46. The second kappa shape index (κ2) is 5.45. The second-order valence-electron chi connectivity index (χ2n) is 4.41. The van der Waals surface area contributed by atoms with E-state index >= 15 is 0 Å². The van der Waals surface area contributed by atoms with E-state index in [0.717, 1.165) is 16.5 Å². The zero-order valence-electron chi connectivity index (χ0n) is 11.0. The van der Waals surface area contributed by atoms with Crippen LogP contribution in [0.25, 0.3) is 10.8 Å². The number of anilines is 3. The molecule has 0 atom stereocenters. The lowest BCUT2D eigenvalue weighted by atomic mass is 10.1. The molecule has 1 aromatic heterocycles. The van der Waals surface area contributed by atoms with Crippen molar-refractivity contribution in [2.75, 3.05) is 10.7 Å². The Kier molecular flexibility index (Phi) is 3.33. The molecule has 0 bridgehead atoms. The topological polar surface area (TPSA) is 99.7 Å². The van der Waals surface area contributed by atoms with Gasteiger partial charge in [0.05, 0.1) is 0 Å². The van der Waals surface area contributed by atoms with Crippen molar-refractivity contribution in [1.82, 2.24) is 9.97 Å². The van der Waals surface area contributed by atoms with Crippen molar-refractivity contribution in [2.45, 2.75) is 0 Å².